The highest BCUT2D eigenvalue weighted by Crippen LogP contribution is 2.30. The molecule has 34 heavy (non-hydrogen) atoms. The average Bonchev–Trinajstić information content (AvgIpc) is 3.33. The first kappa shape index (κ1) is 22.0. The zero-order valence-corrected chi connectivity index (χ0v) is 19.8. The number of amides is 2. The van der Waals surface area contributed by atoms with Gasteiger partial charge in [0.1, 0.15) is 16.4 Å². The molecule has 2 aliphatic rings. The smallest absolute Gasteiger partial charge is 0.250 e. The highest BCUT2D eigenvalue weighted by Gasteiger charge is 2.44. The lowest BCUT2D eigenvalue weighted by Gasteiger charge is -2.41. The van der Waals surface area contributed by atoms with Crippen LogP contribution in [0.15, 0.2) is 83.3 Å². The number of aliphatic imine (C=N–C) groups is 1. The van der Waals surface area contributed by atoms with Crippen molar-refractivity contribution in [3.63, 3.8) is 0 Å². The molecule has 3 aromatic rings. The summed E-state index contributed by atoms with van der Waals surface area (Å²) in [4.78, 5) is 35.8. The van der Waals surface area contributed by atoms with Crippen LogP contribution in [-0.2, 0) is 16.1 Å². The summed E-state index contributed by atoms with van der Waals surface area (Å²) in [5, 5.41) is 6.02. The van der Waals surface area contributed by atoms with Crippen molar-refractivity contribution in [2.45, 2.75) is 32.4 Å². The Bertz CT molecular complexity index is 1340. The minimum absolute atomic E-state index is 0.0345. The first-order valence-electron chi connectivity index (χ1n) is 11.1. The molecule has 170 valence electrons. The standard InChI is InChI=1S/C27H24N4O2S/c1-18-6-10-20(11-7-18)22-17-34-25(29-22)21-12-8-19(9-13-21)16-28-26(33)27(2)15-24(32)30-23-5-3-4-14-31(23)27/h3-14,17H,15-16H2,1-2H3,(H,28,33). The Balaban J connectivity index is 1.25. The predicted octanol–water partition coefficient (Wildman–Crippen LogP) is 4.87. The zero-order valence-electron chi connectivity index (χ0n) is 19.0. The summed E-state index contributed by atoms with van der Waals surface area (Å²) in [6, 6.07) is 16.4. The third-order valence-electron chi connectivity index (χ3n) is 6.10. The van der Waals surface area contributed by atoms with Crippen molar-refractivity contribution >= 4 is 29.0 Å². The number of hydrogen-bond acceptors (Lipinski definition) is 5. The largest absolute Gasteiger partial charge is 0.350 e. The number of nitrogens with one attached hydrogen (secondary N) is 1. The van der Waals surface area contributed by atoms with Crippen molar-refractivity contribution < 1.29 is 9.59 Å². The van der Waals surface area contributed by atoms with Crippen molar-refractivity contribution in [3.8, 4) is 21.8 Å². The van der Waals surface area contributed by atoms with E-state index >= 15 is 0 Å². The van der Waals surface area contributed by atoms with E-state index in [2.05, 4.69) is 46.9 Å². The maximum absolute atomic E-state index is 13.1. The molecule has 3 heterocycles. The Kier molecular flexibility index (Phi) is 5.71. The molecule has 0 spiro atoms. The normalized spacial score (nSPS) is 19.1. The van der Waals surface area contributed by atoms with Crippen LogP contribution in [0.2, 0.25) is 0 Å². The predicted molar refractivity (Wildman–Crippen MR) is 135 cm³/mol. The van der Waals surface area contributed by atoms with Gasteiger partial charge in [0, 0.05) is 29.3 Å². The Morgan fingerprint density at radius 3 is 2.59 bits per heavy atom. The zero-order chi connectivity index (χ0) is 23.7. The van der Waals surface area contributed by atoms with E-state index in [4.69, 9.17) is 4.98 Å². The van der Waals surface area contributed by atoms with Gasteiger partial charge in [0.05, 0.1) is 12.1 Å². The van der Waals surface area contributed by atoms with E-state index < -0.39 is 5.54 Å². The molecule has 1 atom stereocenters. The summed E-state index contributed by atoms with van der Waals surface area (Å²) in [5.74, 6) is -0.00388. The van der Waals surface area contributed by atoms with E-state index in [0.29, 0.717) is 12.4 Å². The molecule has 1 N–H and O–H groups in total. The molecule has 1 aromatic heterocycles. The van der Waals surface area contributed by atoms with Crippen LogP contribution in [0, 0.1) is 6.92 Å². The first-order valence-corrected chi connectivity index (χ1v) is 12.0. The molecule has 7 heteroatoms. The summed E-state index contributed by atoms with van der Waals surface area (Å²) in [5.41, 5.74) is 4.30. The minimum atomic E-state index is -1.01. The lowest BCUT2D eigenvalue weighted by atomic mass is 9.91. The SMILES string of the molecule is Cc1ccc(-c2csc(-c3ccc(CNC(=O)C4(C)CC(=O)N=C5C=CC=CN54)cc3)n2)cc1. The number of rotatable bonds is 5. The van der Waals surface area contributed by atoms with Gasteiger partial charge in [-0.15, -0.1) is 11.3 Å². The lowest BCUT2D eigenvalue weighted by molar-refractivity contribution is -0.134. The first-order chi connectivity index (χ1) is 16.4. The quantitative estimate of drug-likeness (QED) is 0.579. The van der Waals surface area contributed by atoms with Crippen LogP contribution in [0.3, 0.4) is 0 Å². The maximum atomic E-state index is 13.1. The number of benzene rings is 2. The summed E-state index contributed by atoms with van der Waals surface area (Å²) >= 11 is 1.61. The summed E-state index contributed by atoms with van der Waals surface area (Å²) in [6.07, 6.45) is 7.21. The third-order valence-corrected chi connectivity index (χ3v) is 6.99. The third kappa shape index (κ3) is 4.22. The number of carbonyl (C=O) groups excluding carboxylic acids is 2. The van der Waals surface area contributed by atoms with Crippen LogP contribution in [0.1, 0.15) is 24.5 Å². The van der Waals surface area contributed by atoms with E-state index in [-0.39, 0.29) is 18.2 Å². The Morgan fingerprint density at radius 1 is 1.09 bits per heavy atom. The van der Waals surface area contributed by atoms with Crippen LogP contribution in [0.25, 0.3) is 21.8 Å². The fourth-order valence-electron chi connectivity index (χ4n) is 4.08. The molecule has 0 fully saturated rings. The molecule has 6 nitrogen and oxygen atoms in total. The number of fused-ring (bicyclic) bond motifs is 1. The number of aryl methyl sites for hydroxylation is 1. The average molecular weight is 469 g/mol. The second-order valence-corrected chi connectivity index (χ2v) is 9.53. The number of amidine groups is 1. The molecule has 2 aromatic carbocycles. The number of aromatic nitrogens is 1. The van der Waals surface area contributed by atoms with Crippen LogP contribution in [0.5, 0.6) is 0 Å². The second-order valence-electron chi connectivity index (χ2n) is 8.67. The number of nitrogens with zero attached hydrogens (tertiary/aromatic N) is 3. The minimum Gasteiger partial charge on any atom is -0.350 e. The van der Waals surface area contributed by atoms with Crippen LogP contribution in [-0.4, -0.2) is 33.1 Å². The molecule has 0 bridgehead atoms. The number of thiazole rings is 1. The van der Waals surface area contributed by atoms with Crippen molar-refractivity contribution in [2.24, 2.45) is 4.99 Å². The number of carbonyl (C=O) groups is 2. The van der Waals surface area contributed by atoms with E-state index in [1.165, 1.54) is 5.56 Å². The van der Waals surface area contributed by atoms with E-state index in [1.54, 1.807) is 41.5 Å². The maximum Gasteiger partial charge on any atom is 0.250 e. The molecular formula is C27H24N4O2S. The van der Waals surface area contributed by atoms with Crippen LogP contribution < -0.4 is 5.32 Å². The number of allylic oxidation sites excluding steroid dienone is 2. The van der Waals surface area contributed by atoms with Gasteiger partial charge in [-0.3, -0.25) is 9.59 Å². The fourth-order valence-corrected chi connectivity index (χ4v) is 4.92. The van der Waals surface area contributed by atoms with E-state index in [0.717, 1.165) is 27.4 Å². The summed E-state index contributed by atoms with van der Waals surface area (Å²) in [7, 11) is 0. The second kappa shape index (κ2) is 8.83. The van der Waals surface area contributed by atoms with Gasteiger partial charge in [-0.2, -0.15) is 4.99 Å². The van der Waals surface area contributed by atoms with Gasteiger partial charge in [-0.25, -0.2) is 4.98 Å². The van der Waals surface area contributed by atoms with Gasteiger partial charge in [-0.1, -0.05) is 60.2 Å². The molecule has 0 saturated heterocycles. The summed E-state index contributed by atoms with van der Waals surface area (Å²) in [6.45, 7) is 4.22. The topological polar surface area (TPSA) is 74.7 Å². The van der Waals surface area contributed by atoms with Gasteiger partial charge in [0.2, 0.25) is 5.91 Å². The monoisotopic (exact) mass is 468 g/mol. The highest BCUT2D eigenvalue weighted by molar-refractivity contribution is 7.13. The van der Waals surface area contributed by atoms with Crippen molar-refractivity contribution in [3.05, 3.63) is 89.5 Å². The lowest BCUT2D eigenvalue weighted by Crippen LogP contribution is -2.59. The van der Waals surface area contributed by atoms with Crippen molar-refractivity contribution in [1.82, 2.24) is 15.2 Å². The summed E-state index contributed by atoms with van der Waals surface area (Å²) < 4.78 is 0. The van der Waals surface area contributed by atoms with E-state index in [9.17, 15) is 9.59 Å². The van der Waals surface area contributed by atoms with Gasteiger partial charge >= 0.3 is 0 Å². The van der Waals surface area contributed by atoms with Gasteiger partial charge in [0.25, 0.3) is 5.91 Å². The van der Waals surface area contributed by atoms with Crippen LogP contribution >= 0.6 is 11.3 Å². The Labute approximate surface area is 202 Å². The molecule has 0 radical (unpaired) electrons. The van der Waals surface area contributed by atoms with E-state index in [1.807, 2.05) is 30.3 Å². The number of hydrogen-bond donors (Lipinski definition) is 1. The highest BCUT2D eigenvalue weighted by atomic mass is 32.1. The van der Waals surface area contributed by atoms with Crippen molar-refractivity contribution in [2.75, 3.05) is 0 Å². The fraction of sp³-hybridized carbons (Fsp3) is 0.185. The van der Waals surface area contributed by atoms with Crippen molar-refractivity contribution in [1.29, 1.82) is 0 Å². The molecule has 2 aliphatic heterocycles. The molecule has 0 aliphatic carbocycles. The van der Waals surface area contributed by atoms with Gasteiger partial charge in [-0.05, 0) is 31.6 Å². The molecule has 0 saturated carbocycles. The Hall–Kier alpha value is -3.84. The van der Waals surface area contributed by atoms with Crippen LogP contribution in [0.4, 0.5) is 0 Å². The molecule has 5 rings (SSSR count). The molecule has 1 unspecified atom stereocenters. The van der Waals surface area contributed by atoms with Gasteiger partial charge in [0.15, 0.2) is 0 Å². The molecule has 2 amide bonds. The Morgan fingerprint density at radius 2 is 1.82 bits per heavy atom. The molecular weight excluding hydrogens is 444 g/mol. The van der Waals surface area contributed by atoms with Gasteiger partial charge < -0.3 is 10.2 Å².